The summed E-state index contributed by atoms with van der Waals surface area (Å²) in [6.07, 6.45) is 5.24. The summed E-state index contributed by atoms with van der Waals surface area (Å²) < 4.78 is 18.1. The average molecular weight is 433 g/mol. The smallest absolute Gasteiger partial charge is 0.248 e. The summed E-state index contributed by atoms with van der Waals surface area (Å²) in [5.74, 6) is 1.82. The number of hydrogen-bond donors (Lipinski definition) is 2. The second-order valence-electron chi connectivity index (χ2n) is 6.95. The number of nitrogens with one attached hydrogen (secondary N) is 1. The lowest BCUT2D eigenvalue weighted by Gasteiger charge is -2.14. The summed E-state index contributed by atoms with van der Waals surface area (Å²) in [6, 6.07) is 10.9. The number of fused-ring (bicyclic) bond motifs is 1. The van der Waals surface area contributed by atoms with Crippen LogP contribution in [0.5, 0.6) is 17.2 Å². The number of benzene rings is 2. The van der Waals surface area contributed by atoms with E-state index >= 15 is 0 Å². The van der Waals surface area contributed by atoms with Crippen LogP contribution in [0.2, 0.25) is 0 Å². The number of aromatic nitrogens is 3. The molecule has 0 saturated heterocycles. The van der Waals surface area contributed by atoms with Crippen molar-refractivity contribution in [1.82, 2.24) is 14.4 Å². The molecule has 9 nitrogen and oxygen atoms in total. The SMILES string of the molecule is COc1cc(CNc2nccn3c(-c4cccc(C(N)=O)c4)cnc23)cc(OC)c1OC. The molecule has 9 heteroatoms. The van der Waals surface area contributed by atoms with Gasteiger partial charge in [0.1, 0.15) is 0 Å². The Kier molecular flexibility index (Phi) is 5.80. The van der Waals surface area contributed by atoms with E-state index in [-0.39, 0.29) is 0 Å². The minimum absolute atomic E-state index is 0.437. The van der Waals surface area contributed by atoms with E-state index in [9.17, 15) is 4.79 Å². The number of carbonyl (C=O) groups excluding carboxylic acids is 1. The van der Waals surface area contributed by atoms with Gasteiger partial charge in [0.25, 0.3) is 0 Å². The molecular weight excluding hydrogens is 410 g/mol. The van der Waals surface area contributed by atoms with E-state index in [1.54, 1.807) is 51.9 Å². The molecule has 4 aromatic rings. The molecule has 0 saturated carbocycles. The maximum atomic E-state index is 11.5. The number of methoxy groups -OCH3 is 3. The third-order valence-electron chi connectivity index (χ3n) is 5.06. The highest BCUT2D eigenvalue weighted by Gasteiger charge is 2.15. The van der Waals surface area contributed by atoms with Gasteiger partial charge in [0, 0.05) is 30.1 Å². The number of ether oxygens (including phenoxy) is 3. The fraction of sp³-hybridized carbons (Fsp3) is 0.174. The molecule has 0 spiro atoms. The molecule has 2 aromatic heterocycles. The van der Waals surface area contributed by atoms with Gasteiger partial charge in [-0.2, -0.15) is 0 Å². The van der Waals surface area contributed by atoms with Gasteiger partial charge in [-0.3, -0.25) is 9.20 Å². The molecule has 164 valence electrons. The molecule has 2 aromatic carbocycles. The van der Waals surface area contributed by atoms with Crippen LogP contribution >= 0.6 is 0 Å². The fourth-order valence-electron chi connectivity index (χ4n) is 3.51. The number of nitrogens with zero attached hydrogens (tertiary/aromatic N) is 3. The second-order valence-corrected chi connectivity index (χ2v) is 6.95. The van der Waals surface area contributed by atoms with Gasteiger partial charge in [-0.05, 0) is 29.8 Å². The first-order chi connectivity index (χ1) is 15.5. The Morgan fingerprint density at radius 2 is 1.81 bits per heavy atom. The Hall–Kier alpha value is -4.27. The van der Waals surface area contributed by atoms with Crippen LogP contribution < -0.4 is 25.3 Å². The van der Waals surface area contributed by atoms with Crippen LogP contribution in [-0.4, -0.2) is 41.6 Å². The summed E-state index contributed by atoms with van der Waals surface area (Å²) in [5, 5.41) is 3.32. The highest BCUT2D eigenvalue weighted by Crippen LogP contribution is 2.38. The van der Waals surface area contributed by atoms with Gasteiger partial charge in [-0.15, -0.1) is 0 Å². The highest BCUT2D eigenvalue weighted by atomic mass is 16.5. The van der Waals surface area contributed by atoms with Crippen molar-refractivity contribution in [2.45, 2.75) is 6.54 Å². The minimum Gasteiger partial charge on any atom is -0.493 e. The van der Waals surface area contributed by atoms with Gasteiger partial charge in [0.05, 0.1) is 33.2 Å². The molecule has 0 bridgehead atoms. The zero-order valence-corrected chi connectivity index (χ0v) is 18.0. The normalized spacial score (nSPS) is 10.7. The van der Waals surface area contributed by atoms with Gasteiger partial charge in [-0.1, -0.05) is 12.1 Å². The Balaban J connectivity index is 1.65. The lowest BCUT2D eigenvalue weighted by molar-refractivity contribution is 0.100. The lowest BCUT2D eigenvalue weighted by atomic mass is 10.1. The number of primary amides is 1. The van der Waals surface area contributed by atoms with Crippen molar-refractivity contribution < 1.29 is 19.0 Å². The van der Waals surface area contributed by atoms with Crippen LogP contribution in [0.3, 0.4) is 0 Å². The zero-order valence-electron chi connectivity index (χ0n) is 18.0. The van der Waals surface area contributed by atoms with Crippen molar-refractivity contribution >= 4 is 17.4 Å². The Morgan fingerprint density at radius 3 is 2.47 bits per heavy atom. The number of imidazole rings is 1. The molecule has 2 heterocycles. The maximum Gasteiger partial charge on any atom is 0.248 e. The summed E-state index contributed by atoms with van der Waals surface area (Å²) in [4.78, 5) is 20.5. The van der Waals surface area contributed by atoms with Gasteiger partial charge < -0.3 is 25.3 Å². The van der Waals surface area contributed by atoms with Gasteiger partial charge in [-0.25, -0.2) is 9.97 Å². The van der Waals surface area contributed by atoms with E-state index in [1.807, 2.05) is 28.8 Å². The monoisotopic (exact) mass is 433 g/mol. The average Bonchev–Trinajstić information content (AvgIpc) is 3.26. The molecule has 32 heavy (non-hydrogen) atoms. The van der Waals surface area contributed by atoms with Crippen LogP contribution in [0.25, 0.3) is 16.9 Å². The quantitative estimate of drug-likeness (QED) is 0.439. The number of hydrogen-bond acceptors (Lipinski definition) is 7. The lowest BCUT2D eigenvalue weighted by Crippen LogP contribution is -2.10. The standard InChI is InChI=1S/C23H23N5O4/c1-30-18-9-14(10-19(31-2)20(18)32-3)12-26-22-23-27-13-17(28(23)8-7-25-22)15-5-4-6-16(11-15)21(24)29/h4-11,13H,12H2,1-3H3,(H2,24,29)(H,25,26). The van der Waals surface area contributed by atoms with E-state index in [0.717, 1.165) is 16.8 Å². The molecule has 0 aliphatic heterocycles. The molecule has 0 unspecified atom stereocenters. The maximum absolute atomic E-state index is 11.5. The zero-order chi connectivity index (χ0) is 22.7. The molecule has 1 amide bonds. The van der Waals surface area contributed by atoms with E-state index in [1.165, 1.54) is 0 Å². The number of nitrogens with two attached hydrogens (primary N) is 1. The first-order valence-corrected chi connectivity index (χ1v) is 9.80. The largest absolute Gasteiger partial charge is 0.493 e. The molecule has 0 radical (unpaired) electrons. The van der Waals surface area contributed by atoms with Crippen LogP contribution in [0.15, 0.2) is 55.0 Å². The fourth-order valence-corrected chi connectivity index (χ4v) is 3.51. The second kappa shape index (κ2) is 8.84. The summed E-state index contributed by atoms with van der Waals surface area (Å²) >= 11 is 0. The van der Waals surface area contributed by atoms with E-state index in [2.05, 4.69) is 15.3 Å². The van der Waals surface area contributed by atoms with Crippen LogP contribution in [0, 0.1) is 0 Å². The topological polar surface area (TPSA) is 113 Å². The Bertz CT molecular complexity index is 1260. The summed E-state index contributed by atoms with van der Waals surface area (Å²) in [5.41, 5.74) is 9.08. The Labute approximate surface area is 184 Å². The highest BCUT2D eigenvalue weighted by molar-refractivity contribution is 5.94. The van der Waals surface area contributed by atoms with Crippen molar-refractivity contribution in [3.8, 4) is 28.5 Å². The first kappa shape index (κ1) is 21.0. The number of amides is 1. The van der Waals surface area contributed by atoms with E-state index in [0.29, 0.717) is 40.8 Å². The van der Waals surface area contributed by atoms with Crippen molar-refractivity contribution in [2.75, 3.05) is 26.6 Å². The number of rotatable bonds is 8. The van der Waals surface area contributed by atoms with Crippen LogP contribution in [0.1, 0.15) is 15.9 Å². The predicted octanol–water partition coefficient (Wildman–Crippen LogP) is 3.13. The summed E-state index contributed by atoms with van der Waals surface area (Å²) in [6.45, 7) is 0.461. The molecule has 0 fully saturated rings. The van der Waals surface area contributed by atoms with Crippen molar-refractivity contribution in [3.05, 3.63) is 66.1 Å². The molecule has 4 rings (SSSR count). The number of anilines is 1. The first-order valence-electron chi connectivity index (χ1n) is 9.80. The molecule has 0 aliphatic carbocycles. The molecular formula is C23H23N5O4. The van der Waals surface area contributed by atoms with Crippen molar-refractivity contribution in [3.63, 3.8) is 0 Å². The third kappa shape index (κ3) is 3.87. The number of carbonyl (C=O) groups is 1. The molecule has 3 N–H and O–H groups in total. The minimum atomic E-state index is -0.477. The van der Waals surface area contributed by atoms with Crippen molar-refractivity contribution in [2.24, 2.45) is 5.73 Å². The molecule has 0 aliphatic rings. The van der Waals surface area contributed by atoms with E-state index in [4.69, 9.17) is 19.9 Å². The van der Waals surface area contributed by atoms with Crippen molar-refractivity contribution in [1.29, 1.82) is 0 Å². The third-order valence-corrected chi connectivity index (χ3v) is 5.06. The summed E-state index contributed by atoms with van der Waals surface area (Å²) in [7, 11) is 4.73. The van der Waals surface area contributed by atoms with Crippen LogP contribution in [-0.2, 0) is 6.54 Å². The van der Waals surface area contributed by atoms with E-state index < -0.39 is 5.91 Å². The predicted molar refractivity (Wildman–Crippen MR) is 120 cm³/mol. The Morgan fingerprint density at radius 1 is 1.06 bits per heavy atom. The molecule has 0 atom stereocenters. The van der Waals surface area contributed by atoms with Gasteiger partial charge in [0.15, 0.2) is 23.0 Å². The van der Waals surface area contributed by atoms with Gasteiger partial charge >= 0.3 is 0 Å². The van der Waals surface area contributed by atoms with Gasteiger partial charge in [0.2, 0.25) is 11.7 Å². The van der Waals surface area contributed by atoms with Crippen LogP contribution in [0.4, 0.5) is 5.82 Å².